The molecule has 0 fully saturated rings. The molecule has 0 bridgehead atoms. The van der Waals surface area contributed by atoms with E-state index in [4.69, 9.17) is 10.5 Å². The van der Waals surface area contributed by atoms with Crippen molar-refractivity contribution in [3.63, 3.8) is 0 Å². The molecule has 1 aliphatic heterocycles. The molecule has 1 unspecified atom stereocenters. The predicted molar refractivity (Wildman–Crippen MR) is 68.5 cm³/mol. The van der Waals surface area contributed by atoms with Crippen molar-refractivity contribution in [1.29, 1.82) is 0 Å². The fourth-order valence-electron chi connectivity index (χ4n) is 2.17. The van der Waals surface area contributed by atoms with Crippen LogP contribution in [0.25, 0.3) is 0 Å². The summed E-state index contributed by atoms with van der Waals surface area (Å²) in [6, 6.07) is 5.99. The van der Waals surface area contributed by atoms with Crippen LogP contribution in [0.4, 0.5) is 0 Å². The zero-order valence-corrected chi connectivity index (χ0v) is 10.5. The molecule has 2 N–H and O–H groups in total. The monoisotopic (exact) mass is 246 g/mol. The van der Waals surface area contributed by atoms with Gasteiger partial charge in [-0.1, -0.05) is 18.2 Å². The number of hydrogen-bond acceptors (Lipinski definition) is 4. The quantitative estimate of drug-likeness (QED) is 0.885. The van der Waals surface area contributed by atoms with Crippen molar-refractivity contribution in [2.45, 2.75) is 19.4 Å². The Morgan fingerprint density at radius 2 is 2.35 bits per heavy atom. The molecule has 0 saturated carbocycles. The smallest absolute Gasteiger partial charge is 0.127 e. The van der Waals surface area contributed by atoms with Crippen LogP contribution in [-0.2, 0) is 6.42 Å². The average Bonchev–Trinajstić information content (AvgIpc) is 2.95. The Labute approximate surface area is 104 Å². The highest BCUT2D eigenvalue weighted by atomic mass is 32.1. The largest absolute Gasteiger partial charge is 0.493 e. The van der Waals surface area contributed by atoms with Gasteiger partial charge in [0.05, 0.1) is 23.4 Å². The summed E-state index contributed by atoms with van der Waals surface area (Å²) >= 11 is 1.63. The lowest BCUT2D eigenvalue weighted by Crippen LogP contribution is -2.13. The van der Waals surface area contributed by atoms with Crippen molar-refractivity contribution in [3.05, 3.63) is 45.4 Å². The molecule has 1 aliphatic rings. The van der Waals surface area contributed by atoms with E-state index in [0.29, 0.717) is 0 Å². The highest BCUT2D eigenvalue weighted by Crippen LogP contribution is 2.35. The number of rotatable bonds is 2. The van der Waals surface area contributed by atoms with Crippen molar-refractivity contribution in [2.75, 3.05) is 6.61 Å². The first kappa shape index (κ1) is 10.7. The summed E-state index contributed by atoms with van der Waals surface area (Å²) in [5.41, 5.74) is 9.50. The van der Waals surface area contributed by atoms with Crippen LogP contribution in [0.5, 0.6) is 5.75 Å². The molecule has 0 spiro atoms. The van der Waals surface area contributed by atoms with Crippen LogP contribution < -0.4 is 10.5 Å². The molecule has 1 aromatic heterocycles. The Hall–Kier alpha value is -1.39. The van der Waals surface area contributed by atoms with E-state index in [-0.39, 0.29) is 6.04 Å². The van der Waals surface area contributed by atoms with Crippen LogP contribution in [-0.4, -0.2) is 11.6 Å². The molecule has 2 aromatic rings. The number of aromatic nitrogens is 1. The van der Waals surface area contributed by atoms with E-state index in [1.165, 1.54) is 5.56 Å². The number of nitrogens with two attached hydrogens (primary N) is 1. The summed E-state index contributed by atoms with van der Waals surface area (Å²) in [4.78, 5) is 4.45. The maximum atomic E-state index is 6.27. The lowest BCUT2D eigenvalue weighted by molar-refractivity contribution is 0.352. The second-order valence-corrected chi connectivity index (χ2v) is 5.27. The Morgan fingerprint density at radius 1 is 1.47 bits per heavy atom. The maximum Gasteiger partial charge on any atom is 0.127 e. The van der Waals surface area contributed by atoms with Crippen LogP contribution in [0, 0.1) is 6.92 Å². The fourth-order valence-corrected chi connectivity index (χ4v) is 2.82. The van der Waals surface area contributed by atoms with Gasteiger partial charge in [-0.25, -0.2) is 4.98 Å². The van der Waals surface area contributed by atoms with Gasteiger partial charge in [-0.3, -0.25) is 0 Å². The van der Waals surface area contributed by atoms with Gasteiger partial charge in [0, 0.05) is 17.4 Å². The first-order valence-electron chi connectivity index (χ1n) is 5.68. The van der Waals surface area contributed by atoms with Gasteiger partial charge < -0.3 is 10.5 Å². The lowest BCUT2D eigenvalue weighted by atomic mass is 10.0. The Balaban J connectivity index is 2.02. The molecular formula is C13H14N2OS. The SMILES string of the molecule is Cc1nc(C(N)c2cccc3c2OCC3)cs1. The molecule has 17 heavy (non-hydrogen) atoms. The van der Waals surface area contributed by atoms with Crippen LogP contribution in [0.15, 0.2) is 23.6 Å². The number of thiazole rings is 1. The zero-order chi connectivity index (χ0) is 11.8. The minimum atomic E-state index is -0.187. The molecular weight excluding hydrogens is 232 g/mol. The van der Waals surface area contributed by atoms with Gasteiger partial charge >= 0.3 is 0 Å². The molecule has 1 atom stereocenters. The molecule has 4 heteroatoms. The van der Waals surface area contributed by atoms with E-state index in [2.05, 4.69) is 11.1 Å². The molecule has 3 rings (SSSR count). The van der Waals surface area contributed by atoms with E-state index >= 15 is 0 Å². The van der Waals surface area contributed by atoms with Crippen LogP contribution >= 0.6 is 11.3 Å². The Morgan fingerprint density at radius 3 is 3.12 bits per heavy atom. The van der Waals surface area contributed by atoms with Gasteiger partial charge in [0.25, 0.3) is 0 Å². The van der Waals surface area contributed by atoms with Gasteiger partial charge in [0.2, 0.25) is 0 Å². The predicted octanol–water partition coefficient (Wildman–Crippen LogP) is 2.43. The summed E-state index contributed by atoms with van der Waals surface area (Å²) in [5, 5.41) is 3.07. The number of ether oxygens (including phenoxy) is 1. The molecule has 1 aromatic carbocycles. The van der Waals surface area contributed by atoms with E-state index in [1.807, 2.05) is 24.4 Å². The topological polar surface area (TPSA) is 48.1 Å². The number of fused-ring (bicyclic) bond motifs is 1. The lowest BCUT2D eigenvalue weighted by Gasteiger charge is -2.13. The Kier molecular flexibility index (Phi) is 2.61. The third-order valence-corrected chi connectivity index (χ3v) is 3.83. The zero-order valence-electron chi connectivity index (χ0n) is 9.64. The number of hydrogen-bond donors (Lipinski definition) is 1. The summed E-state index contributed by atoms with van der Waals surface area (Å²) in [6.45, 7) is 2.75. The van der Waals surface area contributed by atoms with Crippen molar-refractivity contribution in [3.8, 4) is 5.75 Å². The van der Waals surface area contributed by atoms with Gasteiger partial charge in [-0.15, -0.1) is 11.3 Å². The van der Waals surface area contributed by atoms with Crippen LogP contribution in [0.1, 0.15) is 27.9 Å². The minimum absolute atomic E-state index is 0.187. The van der Waals surface area contributed by atoms with Crippen molar-refractivity contribution in [1.82, 2.24) is 4.98 Å². The Bertz CT molecular complexity index is 550. The number of aryl methyl sites for hydroxylation is 1. The van der Waals surface area contributed by atoms with Crippen LogP contribution in [0.3, 0.4) is 0 Å². The third-order valence-electron chi connectivity index (χ3n) is 3.04. The van der Waals surface area contributed by atoms with E-state index in [1.54, 1.807) is 11.3 Å². The normalized spacial score (nSPS) is 15.4. The van der Waals surface area contributed by atoms with Gasteiger partial charge in [-0.05, 0) is 12.5 Å². The third kappa shape index (κ3) is 1.83. The van der Waals surface area contributed by atoms with Gasteiger partial charge in [0.1, 0.15) is 5.75 Å². The highest BCUT2D eigenvalue weighted by Gasteiger charge is 2.22. The minimum Gasteiger partial charge on any atom is -0.493 e. The van der Waals surface area contributed by atoms with Gasteiger partial charge in [-0.2, -0.15) is 0 Å². The maximum absolute atomic E-state index is 6.27. The van der Waals surface area contributed by atoms with Crippen molar-refractivity contribution < 1.29 is 4.74 Å². The second-order valence-electron chi connectivity index (χ2n) is 4.20. The first-order valence-corrected chi connectivity index (χ1v) is 6.56. The molecule has 0 saturated heterocycles. The summed E-state index contributed by atoms with van der Waals surface area (Å²) < 4.78 is 5.67. The van der Waals surface area contributed by atoms with Crippen molar-refractivity contribution >= 4 is 11.3 Å². The second kappa shape index (κ2) is 4.13. The average molecular weight is 246 g/mol. The van der Waals surface area contributed by atoms with E-state index in [0.717, 1.165) is 35.0 Å². The molecule has 2 heterocycles. The highest BCUT2D eigenvalue weighted by molar-refractivity contribution is 7.09. The standard InChI is InChI=1S/C13H14N2OS/c1-8-15-11(7-17-8)12(14)10-4-2-3-9-5-6-16-13(9)10/h2-4,7,12H,5-6,14H2,1H3. The summed E-state index contributed by atoms with van der Waals surface area (Å²) in [5.74, 6) is 0.964. The molecule has 3 nitrogen and oxygen atoms in total. The summed E-state index contributed by atoms with van der Waals surface area (Å²) in [7, 11) is 0. The summed E-state index contributed by atoms with van der Waals surface area (Å²) in [6.07, 6.45) is 0.978. The van der Waals surface area contributed by atoms with Crippen molar-refractivity contribution in [2.24, 2.45) is 5.73 Å². The molecule has 0 amide bonds. The number of para-hydroxylation sites is 1. The molecule has 88 valence electrons. The van der Waals surface area contributed by atoms with E-state index < -0.39 is 0 Å². The first-order chi connectivity index (χ1) is 8.25. The number of benzene rings is 1. The van der Waals surface area contributed by atoms with Crippen LogP contribution in [0.2, 0.25) is 0 Å². The number of nitrogens with zero attached hydrogens (tertiary/aromatic N) is 1. The van der Waals surface area contributed by atoms with Gasteiger partial charge in [0.15, 0.2) is 0 Å². The fraction of sp³-hybridized carbons (Fsp3) is 0.308. The molecule has 0 aliphatic carbocycles. The van der Waals surface area contributed by atoms with E-state index in [9.17, 15) is 0 Å². The molecule has 0 radical (unpaired) electrons.